The monoisotopic (exact) mass is 328 g/mol. The molecule has 3 heterocycles. The third-order valence-corrected chi connectivity index (χ3v) is 4.91. The fraction of sp³-hybridized carbons (Fsp3) is 0.471. The number of furan rings is 1. The molecule has 7 heteroatoms. The highest BCUT2D eigenvalue weighted by Gasteiger charge is 2.36. The zero-order valence-electron chi connectivity index (χ0n) is 13.4. The van der Waals surface area contributed by atoms with E-state index in [1.54, 1.807) is 29.8 Å². The third kappa shape index (κ3) is 2.70. The zero-order valence-corrected chi connectivity index (χ0v) is 13.4. The fourth-order valence-electron chi connectivity index (χ4n) is 3.29. The number of aromatic nitrogens is 2. The molecule has 126 valence electrons. The Labute approximate surface area is 139 Å². The average molecular weight is 328 g/mol. The standard InChI is InChI=1S/C17H20N4O3/c22-16(19-8-14-5-2-6-24-14)15-10-20(17(23)12-3-1-4-12)9-13-7-18-11-21(13)15/h2,5-7,11-12,15H,1,3-4,8-10H2,(H,19,22)/t15-/m0/s1. The van der Waals surface area contributed by atoms with Crippen molar-refractivity contribution in [3.63, 3.8) is 0 Å². The molecule has 1 fully saturated rings. The van der Waals surface area contributed by atoms with Gasteiger partial charge in [-0.1, -0.05) is 6.42 Å². The van der Waals surface area contributed by atoms with E-state index in [1.165, 1.54) is 0 Å². The molecule has 2 aromatic heterocycles. The molecule has 7 nitrogen and oxygen atoms in total. The molecule has 0 unspecified atom stereocenters. The van der Waals surface area contributed by atoms with Gasteiger partial charge in [0.1, 0.15) is 11.8 Å². The average Bonchev–Trinajstić information content (AvgIpc) is 3.20. The molecule has 2 amide bonds. The van der Waals surface area contributed by atoms with E-state index in [0.29, 0.717) is 25.4 Å². The van der Waals surface area contributed by atoms with Gasteiger partial charge in [0.15, 0.2) is 0 Å². The van der Waals surface area contributed by atoms with Crippen LogP contribution < -0.4 is 5.32 Å². The van der Waals surface area contributed by atoms with Gasteiger partial charge in [0.2, 0.25) is 11.8 Å². The van der Waals surface area contributed by atoms with Crippen molar-refractivity contribution >= 4 is 11.8 Å². The first kappa shape index (κ1) is 15.0. The van der Waals surface area contributed by atoms with E-state index >= 15 is 0 Å². The van der Waals surface area contributed by atoms with Crippen LogP contribution in [0.3, 0.4) is 0 Å². The lowest BCUT2D eigenvalue weighted by Gasteiger charge is -2.37. The highest BCUT2D eigenvalue weighted by molar-refractivity contribution is 5.84. The highest BCUT2D eigenvalue weighted by Crippen LogP contribution is 2.31. The molecule has 0 spiro atoms. The summed E-state index contributed by atoms with van der Waals surface area (Å²) in [4.78, 5) is 31.2. The van der Waals surface area contributed by atoms with Gasteiger partial charge in [-0.2, -0.15) is 0 Å². The lowest BCUT2D eigenvalue weighted by molar-refractivity contribution is -0.141. The van der Waals surface area contributed by atoms with Crippen LogP contribution in [0.5, 0.6) is 0 Å². The highest BCUT2D eigenvalue weighted by atomic mass is 16.3. The Morgan fingerprint density at radius 3 is 2.96 bits per heavy atom. The molecule has 1 N–H and O–H groups in total. The third-order valence-electron chi connectivity index (χ3n) is 4.91. The molecular weight excluding hydrogens is 308 g/mol. The summed E-state index contributed by atoms with van der Waals surface area (Å²) in [7, 11) is 0. The minimum absolute atomic E-state index is 0.128. The Hall–Kier alpha value is -2.57. The van der Waals surface area contributed by atoms with E-state index in [0.717, 1.165) is 25.0 Å². The van der Waals surface area contributed by atoms with E-state index in [1.807, 2.05) is 10.6 Å². The van der Waals surface area contributed by atoms with Crippen LogP contribution in [0.4, 0.5) is 0 Å². The first-order chi connectivity index (χ1) is 11.7. The molecule has 1 atom stereocenters. The number of hydrogen-bond donors (Lipinski definition) is 1. The predicted octanol–water partition coefficient (Wildman–Crippen LogP) is 1.48. The van der Waals surface area contributed by atoms with Crippen LogP contribution in [0, 0.1) is 5.92 Å². The van der Waals surface area contributed by atoms with Gasteiger partial charge >= 0.3 is 0 Å². The topological polar surface area (TPSA) is 80.4 Å². The van der Waals surface area contributed by atoms with Crippen LogP contribution in [-0.2, 0) is 22.7 Å². The molecule has 1 aliphatic heterocycles. The summed E-state index contributed by atoms with van der Waals surface area (Å²) in [6.07, 6.45) is 8.02. The van der Waals surface area contributed by atoms with Gasteiger partial charge < -0.3 is 19.2 Å². The Morgan fingerprint density at radius 2 is 2.25 bits per heavy atom. The Balaban J connectivity index is 1.48. The first-order valence-corrected chi connectivity index (χ1v) is 8.32. The number of rotatable bonds is 4. The van der Waals surface area contributed by atoms with Crippen LogP contribution in [0.1, 0.15) is 36.8 Å². The molecule has 0 bridgehead atoms. The van der Waals surface area contributed by atoms with Crippen molar-refractivity contribution in [2.45, 2.75) is 38.4 Å². The van der Waals surface area contributed by atoms with Gasteiger partial charge in [0, 0.05) is 12.1 Å². The predicted molar refractivity (Wildman–Crippen MR) is 84.6 cm³/mol. The van der Waals surface area contributed by atoms with Gasteiger partial charge in [0.05, 0.1) is 37.9 Å². The normalized spacial score (nSPS) is 20.3. The second-order valence-corrected chi connectivity index (χ2v) is 6.45. The van der Waals surface area contributed by atoms with E-state index in [9.17, 15) is 9.59 Å². The Kier molecular flexibility index (Phi) is 3.84. The maximum absolute atomic E-state index is 12.6. The summed E-state index contributed by atoms with van der Waals surface area (Å²) in [6, 6.07) is 3.15. The van der Waals surface area contributed by atoms with Crippen molar-refractivity contribution in [1.29, 1.82) is 0 Å². The van der Waals surface area contributed by atoms with Gasteiger partial charge in [-0.05, 0) is 25.0 Å². The van der Waals surface area contributed by atoms with Crippen molar-refractivity contribution < 1.29 is 14.0 Å². The number of fused-ring (bicyclic) bond motifs is 1. The smallest absolute Gasteiger partial charge is 0.245 e. The van der Waals surface area contributed by atoms with Crippen molar-refractivity contribution in [1.82, 2.24) is 19.8 Å². The van der Waals surface area contributed by atoms with Crippen molar-refractivity contribution in [2.75, 3.05) is 6.54 Å². The molecule has 4 rings (SSSR count). The molecule has 0 radical (unpaired) electrons. The van der Waals surface area contributed by atoms with Crippen molar-refractivity contribution in [2.24, 2.45) is 5.92 Å². The molecule has 24 heavy (non-hydrogen) atoms. The van der Waals surface area contributed by atoms with E-state index in [4.69, 9.17) is 4.42 Å². The lowest BCUT2D eigenvalue weighted by Crippen LogP contribution is -2.48. The molecule has 1 saturated carbocycles. The summed E-state index contributed by atoms with van der Waals surface area (Å²) in [5.41, 5.74) is 0.895. The number of carbonyl (C=O) groups is 2. The van der Waals surface area contributed by atoms with Crippen LogP contribution in [0.25, 0.3) is 0 Å². The Bertz CT molecular complexity index is 733. The number of hydrogen-bond acceptors (Lipinski definition) is 4. The van der Waals surface area contributed by atoms with E-state index in [2.05, 4.69) is 10.3 Å². The fourth-order valence-corrected chi connectivity index (χ4v) is 3.29. The Morgan fingerprint density at radius 1 is 1.38 bits per heavy atom. The van der Waals surface area contributed by atoms with Gasteiger partial charge in [-0.3, -0.25) is 9.59 Å². The second kappa shape index (κ2) is 6.14. The number of nitrogens with one attached hydrogen (secondary N) is 1. The molecule has 0 saturated heterocycles. The number of carbonyl (C=O) groups excluding carboxylic acids is 2. The SMILES string of the molecule is O=C(NCc1ccco1)[C@@H]1CN(C(=O)C2CCC2)Cc2cncn21. The minimum Gasteiger partial charge on any atom is -0.467 e. The van der Waals surface area contributed by atoms with Gasteiger partial charge in [-0.25, -0.2) is 4.98 Å². The zero-order chi connectivity index (χ0) is 16.5. The molecule has 0 aromatic carbocycles. The summed E-state index contributed by atoms with van der Waals surface area (Å²) in [5, 5.41) is 2.88. The van der Waals surface area contributed by atoms with Crippen molar-refractivity contribution in [3.8, 4) is 0 Å². The quantitative estimate of drug-likeness (QED) is 0.922. The van der Waals surface area contributed by atoms with E-state index < -0.39 is 6.04 Å². The van der Waals surface area contributed by atoms with Gasteiger partial charge in [-0.15, -0.1) is 0 Å². The molecular formula is C17H20N4O3. The second-order valence-electron chi connectivity index (χ2n) is 6.45. The lowest BCUT2D eigenvalue weighted by atomic mass is 9.84. The number of amides is 2. The minimum atomic E-state index is -0.449. The molecule has 2 aliphatic rings. The van der Waals surface area contributed by atoms with Crippen LogP contribution in [0.2, 0.25) is 0 Å². The van der Waals surface area contributed by atoms with Crippen LogP contribution in [-0.4, -0.2) is 32.8 Å². The molecule has 2 aromatic rings. The van der Waals surface area contributed by atoms with Crippen LogP contribution in [0.15, 0.2) is 35.3 Å². The number of nitrogens with zero attached hydrogens (tertiary/aromatic N) is 3. The van der Waals surface area contributed by atoms with Crippen molar-refractivity contribution in [3.05, 3.63) is 42.4 Å². The van der Waals surface area contributed by atoms with Crippen LogP contribution >= 0.6 is 0 Å². The van der Waals surface area contributed by atoms with Gasteiger partial charge in [0.25, 0.3) is 0 Å². The summed E-state index contributed by atoms with van der Waals surface area (Å²) in [6.45, 7) is 1.25. The molecule has 1 aliphatic carbocycles. The first-order valence-electron chi connectivity index (χ1n) is 8.32. The van der Waals surface area contributed by atoms with E-state index in [-0.39, 0.29) is 17.7 Å². The summed E-state index contributed by atoms with van der Waals surface area (Å²) < 4.78 is 7.10. The summed E-state index contributed by atoms with van der Waals surface area (Å²) >= 11 is 0. The maximum Gasteiger partial charge on any atom is 0.245 e. The number of imidazole rings is 1. The largest absolute Gasteiger partial charge is 0.467 e. The maximum atomic E-state index is 12.6. The summed E-state index contributed by atoms with van der Waals surface area (Å²) in [5.74, 6) is 0.869.